The summed E-state index contributed by atoms with van der Waals surface area (Å²) >= 11 is 6.85. The molecule has 2 heterocycles. The van der Waals surface area contributed by atoms with Crippen LogP contribution in [-0.2, 0) is 33.0 Å². The van der Waals surface area contributed by atoms with Gasteiger partial charge in [-0.3, -0.25) is 4.72 Å². The summed E-state index contributed by atoms with van der Waals surface area (Å²) in [7, 11) is -7.59. The molecule has 0 atom stereocenters. The van der Waals surface area contributed by atoms with E-state index in [4.69, 9.17) is 11.6 Å². The number of nitrogens with one attached hydrogen (secondary N) is 1. The maximum absolute atomic E-state index is 13.3. The van der Waals surface area contributed by atoms with Crippen LogP contribution in [0.25, 0.3) is 0 Å². The fourth-order valence-corrected chi connectivity index (χ4v) is 7.08. The molecule has 6 nitrogen and oxygen atoms in total. The summed E-state index contributed by atoms with van der Waals surface area (Å²) in [6.45, 7) is 0.500. The molecule has 0 saturated heterocycles. The Hall–Kier alpha value is -1.98. The fraction of sp³-hybridized carbons (Fsp3) is 0.158. The number of nitrogens with zero attached hydrogens (tertiary/aromatic N) is 1. The van der Waals surface area contributed by atoms with Crippen molar-refractivity contribution in [2.75, 3.05) is 11.3 Å². The lowest BCUT2D eigenvalue weighted by Gasteiger charge is -2.28. The van der Waals surface area contributed by atoms with Crippen molar-refractivity contribution in [1.82, 2.24) is 4.31 Å². The topological polar surface area (TPSA) is 83.6 Å². The molecule has 0 saturated carbocycles. The third-order valence-electron chi connectivity index (χ3n) is 4.73. The van der Waals surface area contributed by atoms with E-state index < -0.39 is 25.9 Å². The monoisotopic (exact) mass is 486 g/mol. The van der Waals surface area contributed by atoms with Gasteiger partial charge in [-0.1, -0.05) is 23.7 Å². The number of hydrogen-bond acceptors (Lipinski definition) is 5. The molecular weight excluding hydrogens is 471 g/mol. The summed E-state index contributed by atoms with van der Waals surface area (Å²) < 4.78 is 68.3. The maximum Gasteiger partial charge on any atom is 0.261 e. The lowest BCUT2D eigenvalue weighted by Crippen LogP contribution is -2.35. The first kappa shape index (κ1) is 21.3. The first-order chi connectivity index (χ1) is 14.2. The third-order valence-corrected chi connectivity index (χ3v) is 9.61. The van der Waals surface area contributed by atoms with Crippen LogP contribution in [0.3, 0.4) is 0 Å². The second-order valence-electron chi connectivity index (χ2n) is 6.69. The van der Waals surface area contributed by atoms with Gasteiger partial charge in [-0.05, 0) is 59.3 Å². The average Bonchev–Trinajstić information content (AvgIpc) is 3.25. The Labute approximate surface area is 183 Å². The molecule has 30 heavy (non-hydrogen) atoms. The first-order valence-corrected chi connectivity index (χ1v) is 13.0. The number of fused-ring (bicyclic) bond motifs is 1. The molecule has 0 fully saturated rings. The number of benzene rings is 2. The standard InChI is InChI=1S/C19H16ClFN2O4S3/c20-17-11-16(5-6-18(17)21)29(24,25)22-15-4-3-13-7-8-23(12-14(13)10-15)30(26,27)19-2-1-9-28-19/h1-6,9-11,22H,7-8,12H2. The normalized spacial score (nSPS) is 15.0. The van der Waals surface area contributed by atoms with Gasteiger partial charge >= 0.3 is 0 Å². The number of hydrogen-bond donors (Lipinski definition) is 1. The molecule has 4 rings (SSSR count). The van der Waals surface area contributed by atoms with Gasteiger partial charge in [0.1, 0.15) is 10.0 Å². The fourth-order valence-electron chi connectivity index (χ4n) is 3.20. The van der Waals surface area contributed by atoms with Gasteiger partial charge in [-0.2, -0.15) is 4.31 Å². The van der Waals surface area contributed by atoms with Crippen molar-refractivity contribution in [2.24, 2.45) is 0 Å². The van der Waals surface area contributed by atoms with E-state index in [0.717, 1.165) is 40.7 Å². The van der Waals surface area contributed by atoms with Gasteiger partial charge in [0.2, 0.25) is 0 Å². The number of sulfonamides is 2. The highest BCUT2D eigenvalue weighted by Crippen LogP contribution is 2.29. The first-order valence-electron chi connectivity index (χ1n) is 8.80. The highest BCUT2D eigenvalue weighted by Gasteiger charge is 2.29. The Morgan fingerprint density at radius 2 is 1.83 bits per heavy atom. The van der Waals surface area contributed by atoms with Crippen molar-refractivity contribution >= 4 is 48.7 Å². The summed E-state index contributed by atoms with van der Waals surface area (Å²) in [5.41, 5.74) is 1.96. The smallest absolute Gasteiger partial charge is 0.261 e. The molecule has 3 aromatic rings. The van der Waals surface area contributed by atoms with Crippen molar-refractivity contribution in [1.29, 1.82) is 0 Å². The molecule has 1 aromatic heterocycles. The summed E-state index contributed by atoms with van der Waals surface area (Å²) in [5.74, 6) is -0.712. The second kappa shape index (κ2) is 7.93. The van der Waals surface area contributed by atoms with Gasteiger partial charge in [0.05, 0.1) is 9.92 Å². The Morgan fingerprint density at radius 3 is 2.53 bits per heavy atom. The Kier molecular flexibility index (Phi) is 5.62. The molecule has 1 aliphatic heterocycles. The van der Waals surface area contributed by atoms with Crippen LogP contribution >= 0.6 is 22.9 Å². The van der Waals surface area contributed by atoms with Crippen LogP contribution in [0.2, 0.25) is 5.02 Å². The molecular formula is C19H16ClFN2O4S3. The molecule has 2 aromatic carbocycles. The number of halogens is 2. The Bertz CT molecular complexity index is 1310. The molecule has 158 valence electrons. The number of thiophene rings is 1. The molecule has 0 aliphatic carbocycles. The van der Waals surface area contributed by atoms with Crippen molar-refractivity contribution in [3.63, 3.8) is 0 Å². The Morgan fingerprint density at radius 1 is 1.03 bits per heavy atom. The van der Waals surface area contributed by atoms with Crippen LogP contribution in [-0.4, -0.2) is 27.7 Å². The maximum atomic E-state index is 13.3. The van der Waals surface area contributed by atoms with E-state index in [2.05, 4.69) is 4.72 Å². The predicted octanol–water partition coefficient (Wildman–Crippen LogP) is 4.09. The quantitative estimate of drug-likeness (QED) is 0.588. The van der Waals surface area contributed by atoms with Gasteiger partial charge in [-0.15, -0.1) is 11.3 Å². The lowest BCUT2D eigenvalue weighted by atomic mass is 10.0. The molecule has 1 N–H and O–H groups in total. The van der Waals surface area contributed by atoms with Crippen LogP contribution in [0, 0.1) is 5.82 Å². The van der Waals surface area contributed by atoms with E-state index in [1.807, 2.05) is 0 Å². The number of anilines is 1. The average molecular weight is 487 g/mol. The molecule has 1 aliphatic rings. The van der Waals surface area contributed by atoms with E-state index in [9.17, 15) is 21.2 Å². The zero-order chi connectivity index (χ0) is 21.5. The van der Waals surface area contributed by atoms with E-state index in [1.165, 1.54) is 4.31 Å². The third kappa shape index (κ3) is 4.10. The van der Waals surface area contributed by atoms with E-state index in [0.29, 0.717) is 13.0 Å². The van der Waals surface area contributed by atoms with Crippen LogP contribution in [0.4, 0.5) is 10.1 Å². The minimum atomic E-state index is -3.99. The molecule has 0 radical (unpaired) electrons. The minimum absolute atomic E-state index is 0.146. The van der Waals surface area contributed by atoms with E-state index in [1.54, 1.807) is 35.7 Å². The zero-order valence-electron chi connectivity index (χ0n) is 15.4. The molecule has 0 unspecified atom stereocenters. The largest absolute Gasteiger partial charge is 0.280 e. The van der Waals surface area contributed by atoms with Crippen LogP contribution in [0.1, 0.15) is 11.1 Å². The van der Waals surface area contributed by atoms with Gasteiger partial charge in [-0.25, -0.2) is 21.2 Å². The molecule has 0 bridgehead atoms. The SMILES string of the molecule is O=S(=O)(Nc1ccc2c(c1)CN(S(=O)(=O)c1cccs1)CC2)c1ccc(F)c(Cl)c1. The van der Waals surface area contributed by atoms with Crippen molar-refractivity contribution in [3.8, 4) is 0 Å². The van der Waals surface area contributed by atoms with Crippen molar-refractivity contribution in [3.05, 3.63) is 75.9 Å². The van der Waals surface area contributed by atoms with Gasteiger partial charge in [0, 0.05) is 18.8 Å². The van der Waals surface area contributed by atoms with Gasteiger partial charge in [0.15, 0.2) is 0 Å². The van der Waals surface area contributed by atoms with Crippen LogP contribution in [0.15, 0.2) is 63.0 Å². The van der Waals surface area contributed by atoms with Crippen LogP contribution in [0.5, 0.6) is 0 Å². The molecule has 11 heteroatoms. The van der Waals surface area contributed by atoms with Crippen LogP contribution < -0.4 is 4.72 Å². The molecule has 0 amide bonds. The van der Waals surface area contributed by atoms with Crippen molar-refractivity contribution in [2.45, 2.75) is 22.1 Å². The summed E-state index contributed by atoms with van der Waals surface area (Å²) in [6, 6.07) is 11.4. The van der Waals surface area contributed by atoms with Gasteiger partial charge < -0.3 is 0 Å². The molecule has 0 spiro atoms. The highest BCUT2D eigenvalue weighted by molar-refractivity contribution is 7.92. The lowest BCUT2D eigenvalue weighted by molar-refractivity contribution is 0.392. The Balaban J connectivity index is 1.59. The number of rotatable bonds is 5. The summed E-state index contributed by atoms with van der Waals surface area (Å²) in [5, 5.41) is 1.41. The van der Waals surface area contributed by atoms with E-state index in [-0.39, 0.29) is 26.4 Å². The predicted molar refractivity (Wildman–Crippen MR) is 114 cm³/mol. The summed E-state index contributed by atoms with van der Waals surface area (Å²) in [4.78, 5) is -0.173. The zero-order valence-corrected chi connectivity index (χ0v) is 18.6. The van der Waals surface area contributed by atoms with E-state index >= 15 is 0 Å². The second-order valence-corrected chi connectivity index (χ2v) is 11.9. The minimum Gasteiger partial charge on any atom is -0.280 e. The summed E-state index contributed by atoms with van der Waals surface area (Å²) in [6.07, 6.45) is 0.528. The van der Waals surface area contributed by atoms with Crippen molar-refractivity contribution < 1.29 is 21.2 Å². The highest BCUT2D eigenvalue weighted by atomic mass is 35.5. The van der Waals surface area contributed by atoms with Gasteiger partial charge in [0.25, 0.3) is 20.0 Å².